The summed E-state index contributed by atoms with van der Waals surface area (Å²) in [6.07, 6.45) is 1.20. The molecule has 152 valence electrons. The molecule has 2 atom stereocenters. The van der Waals surface area contributed by atoms with E-state index in [1.165, 1.54) is 0 Å². The van der Waals surface area contributed by atoms with Crippen molar-refractivity contribution < 1.29 is 19.4 Å². The minimum Gasteiger partial charge on any atom is -0.477 e. The molecule has 0 spiro atoms. The van der Waals surface area contributed by atoms with Crippen LogP contribution < -0.4 is 10.2 Å². The number of nitrogens with zero attached hydrogens (tertiary/aromatic N) is 3. The molecule has 0 saturated carbocycles. The molecule has 3 heterocycles. The number of carboxylic acids is 1. The van der Waals surface area contributed by atoms with Gasteiger partial charge in [-0.3, -0.25) is 4.79 Å². The normalized spacial score (nSPS) is 19.6. The standard InChI is InChI=1S/C17H22IN5O4S/c1-4-9-13(18)22-14(20-9)15(24)21-10-5-6-23(7-11(10)27-3)17-19-8(2)12(28-17)16(25)26/h10-11H,4-7H2,1-3H3,(H,20,22)(H,21,24)(H,25,26)/t10-,11+/m1/s1. The zero-order valence-electron chi connectivity index (χ0n) is 15.8. The molecule has 0 bridgehead atoms. The Morgan fingerprint density at radius 3 is 2.79 bits per heavy atom. The average Bonchev–Trinajstić information content (AvgIpc) is 3.24. The number of carbonyl (C=O) groups is 2. The Bertz CT molecular complexity index is 883. The minimum absolute atomic E-state index is 0.165. The number of aromatic amines is 1. The number of imidazole rings is 1. The van der Waals surface area contributed by atoms with Crippen LogP contribution in [0, 0.1) is 10.6 Å². The van der Waals surface area contributed by atoms with Gasteiger partial charge in [-0.25, -0.2) is 14.8 Å². The lowest BCUT2D eigenvalue weighted by Crippen LogP contribution is -2.55. The van der Waals surface area contributed by atoms with Gasteiger partial charge in [0.05, 0.1) is 17.8 Å². The van der Waals surface area contributed by atoms with Crippen molar-refractivity contribution in [3.63, 3.8) is 0 Å². The minimum atomic E-state index is -0.966. The van der Waals surface area contributed by atoms with Crippen LogP contribution in [0.15, 0.2) is 0 Å². The zero-order valence-corrected chi connectivity index (χ0v) is 18.8. The molecule has 2 aromatic heterocycles. The van der Waals surface area contributed by atoms with Crippen molar-refractivity contribution in [3.05, 3.63) is 25.8 Å². The number of H-pyrrole nitrogens is 1. The van der Waals surface area contributed by atoms with Gasteiger partial charge < -0.3 is 25.0 Å². The first-order valence-corrected chi connectivity index (χ1v) is 10.8. The van der Waals surface area contributed by atoms with Crippen LogP contribution in [0.3, 0.4) is 0 Å². The lowest BCUT2D eigenvalue weighted by atomic mass is 10.0. The van der Waals surface area contributed by atoms with Crippen molar-refractivity contribution >= 4 is 50.9 Å². The van der Waals surface area contributed by atoms with Gasteiger partial charge in [0, 0.05) is 25.9 Å². The van der Waals surface area contributed by atoms with Crippen molar-refractivity contribution in [2.24, 2.45) is 0 Å². The number of aromatic nitrogens is 3. The number of halogens is 1. The fraction of sp³-hybridized carbons (Fsp3) is 0.529. The molecule has 2 aromatic rings. The van der Waals surface area contributed by atoms with Gasteiger partial charge in [-0.05, 0) is 42.4 Å². The number of ether oxygens (including phenoxy) is 1. The number of rotatable bonds is 6. The molecule has 11 heteroatoms. The molecule has 1 aliphatic heterocycles. The molecule has 0 unspecified atom stereocenters. The summed E-state index contributed by atoms with van der Waals surface area (Å²) in [6, 6.07) is -0.165. The molecule has 3 N–H and O–H groups in total. The van der Waals surface area contributed by atoms with Crippen molar-refractivity contribution in [3.8, 4) is 0 Å². The number of thiazole rings is 1. The molecule has 0 radical (unpaired) electrons. The second-order valence-electron chi connectivity index (χ2n) is 6.51. The van der Waals surface area contributed by atoms with Crippen LogP contribution in [0.4, 0.5) is 5.13 Å². The van der Waals surface area contributed by atoms with Crippen LogP contribution >= 0.6 is 33.9 Å². The summed E-state index contributed by atoms with van der Waals surface area (Å²) in [7, 11) is 1.61. The summed E-state index contributed by atoms with van der Waals surface area (Å²) in [5.74, 6) is -0.914. The van der Waals surface area contributed by atoms with Crippen LogP contribution in [0.5, 0.6) is 0 Å². The van der Waals surface area contributed by atoms with E-state index in [-0.39, 0.29) is 22.9 Å². The third-order valence-corrected chi connectivity index (χ3v) is 6.82. The molecule has 0 aliphatic carbocycles. The number of carboxylic acid groups (broad SMARTS) is 1. The van der Waals surface area contributed by atoms with E-state index in [4.69, 9.17) is 4.74 Å². The number of hydrogen-bond acceptors (Lipinski definition) is 7. The van der Waals surface area contributed by atoms with E-state index in [2.05, 4.69) is 42.9 Å². The summed E-state index contributed by atoms with van der Waals surface area (Å²) >= 11 is 3.28. The van der Waals surface area contributed by atoms with Crippen molar-refractivity contribution in [2.45, 2.75) is 38.8 Å². The predicted molar refractivity (Wildman–Crippen MR) is 113 cm³/mol. The quantitative estimate of drug-likeness (QED) is 0.500. The smallest absolute Gasteiger partial charge is 0.347 e. The van der Waals surface area contributed by atoms with E-state index >= 15 is 0 Å². The molecule has 1 fully saturated rings. The van der Waals surface area contributed by atoms with Crippen LogP contribution in [0.1, 0.15) is 45.0 Å². The molecule has 1 amide bonds. The molecule has 1 aliphatic rings. The summed E-state index contributed by atoms with van der Waals surface area (Å²) in [6.45, 7) is 4.86. The van der Waals surface area contributed by atoms with E-state index in [0.29, 0.717) is 36.2 Å². The Hall–Kier alpha value is -1.73. The van der Waals surface area contributed by atoms with Gasteiger partial charge in [-0.1, -0.05) is 18.3 Å². The zero-order chi connectivity index (χ0) is 20.4. The highest BCUT2D eigenvalue weighted by atomic mass is 127. The average molecular weight is 519 g/mol. The first kappa shape index (κ1) is 21.0. The van der Waals surface area contributed by atoms with Crippen molar-refractivity contribution in [1.29, 1.82) is 0 Å². The Balaban J connectivity index is 1.68. The van der Waals surface area contributed by atoms with E-state index in [1.807, 2.05) is 11.8 Å². The number of aromatic carboxylic acids is 1. The van der Waals surface area contributed by atoms with Gasteiger partial charge in [0.15, 0.2) is 11.0 Å². The van der Waals surface area contributed by atoms with Gasteiger partial charge in [0.1, 0.15) is 8.58 Å². The maximum Gasteiger partial charge on any atom is 0.347 e. The Kier molecular flexibility index (Phi) is 6.55. The SMILES string of the molecule is CCc1[nH]c(C(=O)N[C@@H]2CCN(c3nc(C)c(C(=O)O)s3)C[C@@H]2OC)nc1I. The lowest BCUT2D eigenvalue weighted by molar-refractivity contribution is 0.0538. The van der Waals surface area contributed by atoms with Crippen molar-refractivity contribution in [1.82, 2.24) is 20.3 Å². The number of hydrogen-bond donors (Lipinski definition) is 3. The topological polar surface area (TPSA) is 120 Å². The number of amides is 1. The monoisotopic (exact) mass is 519 g/mol. The molecule has 3 rings (SSSR count). The highest BCUT2D eigenvalue weighted by Crippen LogP contribution is 2.29. The Morgan fingerprint density at radius 2 is 2.21 bits per heavy atom. The number of methoxy groups -OCH3 is 1. The third-order valence-electron chi connectivity index (χ3n) is 4.73. The fourth-order valence-corrected chi connectivity index (χ4v) is 4.87. The summed E-state index contributed by atoms with van der Waals surface area (Å²) in [5.41, 5.74) is 1.45. The number of aryl methyl sites for hydroxylation is 2. The molecular formula is C17H22IN5O4S. The first-order chi connectivity index (χ1) is 13.3. The van der Waals surface area contributed by atoms with Gasteiger partial charge >= 0.3 is 5.97 Å². The van der Waals surface area contributed by atoms with E-state index < -0.39 is 5.97 Å². The summed E-state index contributed by atoms with van der Waals surface area (Å²) in [5, 5.41) is 12.9. The second-order valence-corrected chi connectivity index (χ2v) is 8.51. The number of anilines is 1. The third kappa shape index (κ3) is 4.30. The molecule has 0 aromatic carbocycles. The molecule has 1 saturated heterocycles. The highest BCUT2D eigenvalue weighted by molar-refractivity contribution is 14.1. The Morgan fingerprint density at radius 1 is 1.46 bits per heavy atom. The second kappa shape index (κ2) is 8.74. The van der Waals surface area contributed by atoms with Crippen LogP contribution in [0.25, 0.3) is 0 Å². The highest BCUT2D eigenvalue weighted by Gasteiger charge is 2.33. The number of nitrogens with one attached hydrogen (secondary N) is 2. The summed E-state index contributed by atoms with van der Waals surface area (Å²) in [4.78, 5) is 37.8. The maximum atomic E-state index is 12.6. The van der Waals surface area contributed by atoms with Crippen molar-refractivity contribution in [2.75, 3.05) is 25.1 Å². The van der Waals surface area contributed by atoms with E-state index in [9.17, 15) is 14.7 Å². The van der Waals surface area contributed by atoms with Gasteiger partial charge in [0.25, 0.3) is 5.91 Å². The largest absolute Gasteiger partial charge is 0.477 e. The van der Waals surface area contributed by atoms with Crippen LogP contribution in [0.2, 0.25) is 0 Å². The Labute approximate surface area is 180 Å². The molecule has 28 heavy (non-hydrogen) atoms. The lowest BCUT2D eigenvalue weighted by Gasteiger charge is -2.37. The predicted octanol–water partition coefficient (Wildman–Crippen LogP) is 2.06. The van der Waals surface area contributed by atoms with Gasteiger partial charge in [-0.15, -0.1) is 0 Å². The number of carbonyl (C=O) groups excluding carboxylic acids is 1. The van der Waals surface area contributed by atoms with Gasteiger partial charge in [-0.2, -0.15) is 0 Å². The number of piperidine rings is 1. The fourth-order valence-electron chi connectivity index (χ4n) is 3.18. The van der Waals surface area contributed by atoms with Crippen LogP contribution in [-0.2, 0) is 11.2 Å². The van der Waals surface area contributed by atoms with Crippen LogP contribution in [-0.4, -0.2) is 64.3 Å². The summed E-state index contributed by atoms with van der Waals surface area (Å²) < 4.78 is 6.40. The van der Waals surface area contributed by atoms with Gasteiger partial charge in [0.2, 0.25) is 0 Å². The van der Waals surface area contributed by atoms with E-state index in [0.717, 1.165) is 27.2 Å². The molecule has 9 nitrogen and oxygen atoms in total. The van der Waals surface area contributed by atoms with E-state index in [1.54, 1.807) is 14.0 Å². The molecular weight excluding hydrogens is 497 g/mol. The maximum absolute atomic E-state index is 12.6. The first-order valence-electron chi connectivity index (χ1n) is 8.87.